The van der Waals surface area contributed by atoms with E-state index < -0.39 is 0 Å². The lowest BCUT2D eigenvalue weighted by Gasteiger charge is -2.32. The molecule has 1 aromatic carbocycles. The fraction of sp³-hybridized carbons (Fsp3) is 0.400. The van der Waals surface area contributed by atoms with Gasteiger partial charge in [-0.1, -0.05) is 12.1 Å². The average Bonchev–Trinajstić information content (AvgIpc) is 2.88. The first-order chi connectivity index (χ1) is 16.1. The van der Waals surface area contributed by atoms with Gasteiger partial charge in [-0.3, -0.25) is 14.6 Å². The molecule has 2 amide bonds. The van der Waals surface area contributed by atoms with Crippen LogP contribution in [-0.2, 0) is 4.74 Å². The minimum atomic E-state index is -0.0487. The van der Waals surface area contributed by atoms with E-state index in [0.717, 1.165) is 23.7 Å². The molecule has 2 aromatic heterocycles. The molecule has 0 spiro atoms. The molecule has 5 rings (SSSR count). The molecule has 2 aliphatic rings. The Balaban J connectivity index is 1.34. The van der Waals surface area contributed by atoms with Gasteiger partial charge in [0, 0.05) is 55.4 Å². The van der Waals surface area contributed by atoms with Crippen LogP contribution in [0.2, 0.25) is 0 Å². The topological polar surface area (TPSA) is 88.5 Å². The Morgan fingerprint density at radius 3 is 2.61 bits per heavy atom. The van der Waals surface area contributed by atoms with Crippen LogP contribution >= 0.6 is 0 Å². The quantitative estimate of drug-likeness (QED) is 0.616. The van der Waals surface area contributed by atoms with E-state index in [4.69, 9.17) is 9.72 Å². The van der Waals surface area contributed by atoms with Gasteiger partial charge in [0.1, 0.15) is 5.82 Å². The second-order valence-electron chi connectivity index (χ2n) is 8.60. The van der Waals surface area contributed by atoms with Crippen molar-refractivity contribution < 1.29 is 14.3 Å². The Bertz CT molecular complexity index is 1190. The van der Waals surface area contributed by atoms with E-state index >= 15 is 0 Å². The number of carbonyl (C=O) groups is 2. The number of rotatable bonds is 3. The van der Waals surface area contributed by atoms with Crippen LogP contribution in [0.25, 0.3) is 10.9 Å². The molecule has 2 fully saturated rings. The lowest BCUT2D eigenvalue weighted by Crippen LogP contribution is -2.41. The lowest BCUT2D eigenvalue weighted by molar-refractivity contribution is 0.0301. The second-order valence-corrected chi connectivity index (χ2v) is 8.60. The van der Waals surface area contributed by atoms with E-state index in [1.165, 1.54) is 0 Å². The maximum absolute atomic E-state index is 13.4. The SMILES string of the molecule is Cc1nc(C2CCCN(C(=O)c3cccc4ncccc34)C2)ncc1C(=O)N1CCOCC1. The highest BCUT2D eigenvalue weighted by Crippen LogP contribution is 2.27. The molecule has 1 unspecified atom stereocenters. The third-order valence-electron chi connectivity index (χ3n) is 6.48. The third-order valence-corrected chi connectivity index (χ3v) is 6.48. The first-order valence-corrected chi connectivity index (χ1v) is 11.5. The average molecular weight is 446 g/mol. The van der Waals surface area contributed by atoms with Gasteiger partial charge in [-0.2, -0.15) is 0 Å². The molecule has 0 aliphatic carbocycles. The van der Waals surface area contributed by atoms with E-state index in [9.17, 15) is 9.59 Å². The van der Waals surface area contributed by atoms with Crippen LogP contribution in [0.3, 0.4) is 0 Å². The summed E-state index contributed by atoms with van der Waals surface area (Å²) in [5.41, 5.74) is 2.70. The molecular weight excluding hydrogens is 418 g/mol. The molecule has 0 saturated carbocycles. The number of ether oxygens (including phenoxy) is 1. The summed E-state index contributed by atoms with van der Waals surface area (Å²) in [6.45, 7) is 5.41. The molecule has 8 heteroatoms. The first kappa shape index (κ1) is 21.5. The third kappa shape index (κ3) is 4.30. The molecule has 0 radical (unpaired) electrons. The first-order valence-electron chi connectivity index (χ1n) is 11.5. The predicted molar refractivity (Wildman–Crippen MR) is 123 cm³/mol. The van der Waals surface area contributed by atoms with Crippen LogP contribution < -0.4 is 0 Å². The summed E-state index contributed by atoms with van der Waals surface area (Å²) in [6, 6.07) is 9.45. The summed E-state index contributed by atoms with van der Waals surface area (Å²) < 4.78 is 5.34. The van der Waals surface area contributed by atoms with E-state index in [1.807, 2.05) is 42.2 Å². The monoisotopic (exact) mass is 445 g/mol. The molecule has 1 atom stereocenters. The number of fused-ring (bicyclic) bond motifs is 1. The minimum Gasteiger partial charge on any atom is -0.378 e. The largest absolute Gasteiger partial charge is 0.378 e. The van der Waals surface area contributed by atoms with Gasteiger partial charge in [0.25, 0.3) is 11.8 Å². The molecular formula is C25H27N5O3. The maximum Gasteiger partial charge on any atom is 0.257 e. The molecule has 170 valence electrons. The summed E-state index contributed by atoms with van der Waals surface area (Å²) >= 11 is 0. The summed E-state index contributed by atoms with van der Waals surface area (Å²) in [5.74, 6) is 0.701. The van der Waals surface area contributed by atoms with Crippen LogP contribution in [0.4, 0.5) is 0 Å². The number of aromatic nitrogens is 3. The van der Waals surface area contributed by atoms with Crippen molar-refractivity contribution in [1.29, 1.82) is 0 Å². The van der Waals surface area contributed by atoms with E-state index in [2.05, 4.69) is 9.97 Å². The van der Waals surface area contributed by atoms with Crippen LogP contribution in [0, 0.1) is 6.92 Å². The van der Waals surface area contributed by atoms with Gasteiger partial charge in [-0.25, -0.2) is 9.97 Å². The van der Waals surface area contributed by atoms with Crippen molar-refractivity contribution in [3.05, 3.63) is 65.4 Å². The molecule has 3 aromatic rings. The summed E-state index contributed by atoms with van der Waals surface area (Å²) in [5, 5.41) is 0.866. The zero-order valence-corrected chi connectivity index (χ0v) is 18.7. The van der Waals surface area contributed by atoms with Crippen molar-refractivity contribution in [2.24, 2.45) is 0 Å². The van der Waals surface area contributed by atoms with E-state index in [1.54, 1.807) is 17.3 Å². The molecule has 0 N–H and O–H groups in total. The Kier molecular flexibility index (Phi) is 6.00. The number of benzene rings is 1. The van der Waals surface area contributed by atoms with Gasteiger partial charge < -0.3 is 14.5 Å². The number of amides is 2. The lowest BCUT2D eigenvalue weighted by atomic mass is 9.95. The highest BCUT2D eigenvalue weighted by atomic mass is 16.5. The van der Waals surface area contributed by atoms with Gasteiger partial charge in [0.2, 0.25) is 0 Å². The predicted octanol–water partition coefficient (Wildman–Crippen LogP) is 2.83. The van der Waals surface area contributed by atoms with Gasteiger partial charge >= 0.3 is 0 Å². The standard InChI is InChI=1S/C25H27N5O3/c1-17-21(25(32)29-11-13-33-14-12-29)15-27-23(28-17)18-5-4-10-30(16-18)24(31)20-6-2-8-22-19(20)7-3-9-26-22/h2-3,6-9,15,18H,4-5,10-14,16H2,1H3. The van der Waals surface area contributed by atoms with Crippen LogP contribution in [0.15, 0.2) is 42.7 Å². The number of carbonyl (C=O) groups excluding carboxylic acids is 2. The van der Waals surface area contributed by atoms with Gasteiger partial charge in [0.15, 0.2) is 0 Å². The fourth-order valence-electron chi connectivity index (χ4n) is 4.66. The maximum atomic E-state index is 13.4. The molecule has 33 heavy (non-hydrogen) atoms. The number of hydrogen-bond acceptors (Lipinski definition) is 6. The molecule has 8 nitrogen and oxygen atoms in total. The van der Waals surface area contributed by atoms with Crippen molar-refractivity contribution >= 4 is 22.7 Å². The number of nitrogens with zero attached hydrogens (tertiary/aromatic N) is 5. The van der Waals surface area contributed by atoms with Crippen molar-refractivity contribution in [3.63, 3.8) is 0 Å². The smallest absolute Gasteiger partial charge is 0.257 e. The zero-order valence-electron chi connectivity index (χ0n) is 18.7. The second kappa shape index (κ2) is 9.23. The Hall–Kier alpha value is -3.39. The van der Waals surface area contributed by atoms with E-state index in [0.29, 0.717) is 62.0 Å². The Labute approximate surface area is 192 Å². The number of aryl methyl sites for hydroxylation is 1. The van der Waals surface area contributed by atoms with Crippen molar-refractivity contribution in [2.45, 2.75) is 25.7 Å². The van der Waals surface area contributed by atoms with Crippen LogP contribution in [0.1, 0.15) is 51.0 Å². The van der Waals surface area contributed by atoms with E-state index in [-0.39, 0.29) is 17.7 Å². The van der Waals surface area contributed by atoms with Gasteiger partial charge in [0.05, 0.1) is 30.0 Å². The van der Waals surface area contributed by atoms with Crippen molar-refractivity contribution in [2.75, 3.05) is 39.4 Å². The fourth-order valence-corrected chi connectivity index (χ4v) is 4.66. The normalized spacial score (nSPS) is 19.0. The number of piperidine rings is 1. The van der Waals surface area contributed by atoms with Crippen molar-refractivity contribution in [1.82, 2.24) is 24.8 Å². The van der Waals surface area contributed by atoms with Gasteiger partial charge in [-0.15, -0.1) is 0 Å². The highest BCUT2D eigenvalue weighted by Gasteiger charge is 2.29. The molecule has 4 heterocycles. The molecule has 2 aliphatic heterocycles. The van der Waals surface area contributed by atoms with Crippen molar-refractivity contribution in [3.8, 4) is 0 Å². The van der Waals surface area contributed by atoms with Crippen LogP contribution in [-0.4, -0.2) is 76.0 Å². The molecule has 2 saturated heterocycles. The Morgan fingerprint density at radius 1 is 0.970 bits per heavy atom. The zero-order chi connectivity index (χ0) is 22.8. The number of morpholine rings is 1. The number of hydrogen-bond donors (Lipinski definition) is 0. The minimum absolute atomic E-state index is 0.00846. The highest BCUT2D eigenvalue weighted by molar-refractivity contribution is 6.06. The number of likely N-dealkylation sites (tertiary alicyclic amines) is 1. The molecule has 0 bridgehead atoms. The number of pyridine rings is 1. The summed E-state index contributed by atoms with van der Waals surface area (Å²) in [7, 11) is 0. The Morgan fingerprint density at radius 2 is 1.79 bits per heavy atom. The van der Waals surface area contributed by atoms with Crippen LogP contribution in [0.5, 0.6) is 0 Å². The summed E-state index contributed by atoms with van der Waals surface area (Å²) in [6.07, 6.45) is 5.18. The van der Waals surface area contributed by atoms with Gasteiger partial charge in [-0.05, 0) is 38.0 Å². The summed E-state index contributed by atoms with van der Waals surface area (Å²) in [4.78, 5) is 43.5.